The Kier molecular flexibility index (Phi) is 4.14. The molecule has 1 aromatic heterocycles. The van der Waals surface area contributed by atoms with Crippen LogP contribution in [0.25, 0.3) is 11.5 Å². The first-order chi connectivity index (χ1) is 10.8. The highest BCUT2D eigenvalue weighted by Crippen LogP contribution is 2.20. The SMILES string of the molecule is CCc1ccccc1NCc1nnc(-c2ccc(F)cc2)o1. The topological polar surface area (TPSA) is 51.0 Å². The third-order valence-electron chi connectivity index (χ3n) is 3.39. The Balaban J connectivity index is 1.71. The number of benzene rings is 2. The third-order valence-corrected chi connectivity index (χ3v) is 3.39. The summed E-state index contributed by atoms with van der Waals surface area (Å²) < 4.78 is 18.5. The molecular weight excluding hydrogens is 281 g/mol. The molecule has 0 bridgehead atoms. The van der Waals surface area contributed by atoms with Crippen LogP contribution in [0.15, 0.2) is 52.9 Å². The quantitative estimate of drug-likeness (QED) is 0.772. The molecule has 0 amide bonds. The van der Waals surface area contributed by atoms with Crippen molar-refractivity contribution in [1.29, 1.82) is 0 Å². The van der Waals surface area contributed by atoms with E-state index in [4.69, 9.17) is 4.42 Å². The fourth-order valence-corrected chi connectivity index (χ4v) is 2.21. The first-order valence-electron chi connectivity index (χ1n) is 7.16. The van der Waals surface area contributed by atoms with Crippen molar-refractivity contribution in [3.63, 3.8) is 0 Å². The summed E-state index contributed by atoms with van der Waals surface area (Å²) in [5, 5.41) is 11.3. The lowest BCUT2D eigenvalue weighted by Crippen LogP contribution is -2.02. The second-order valence-electron chi connectivity index (χ2n) is 4.87. The van der Waals surface area contributed by atoms with Crippen LogP contribution in [-0.4, -0.2) is 10.2 Å². The molecule has 0 saturated heterocycles. The molecule has 22 heavy (non-hydrogen) atoms. The number of anilines is 1. The second-order valence-corrected chi connectivity index (χ2v) is 4.87. The number of aryl methyl sites for hydroxylation is 1. The average Bonchev–Trinajstić information content (AvgIpc) is 3.03. The third kappa shape index (κ3) is 3.14. The van der Waals surface area contributed by atoms with Crippen molar-refractivity contribution >= 4 is 5.69 Å². The number of rotatable bonds is 5. The van der Waals surface area contributed by atoms with E-state index in [1.807, 2.05) is 18.2 Å². The van der Waals surface area contributed by atoms with E-state index in [0.717, 1.165) is 12.1 Å². The summed E-state index contributed by atoms with van der Waals surface area (Å²) >= 11 is 0. The summed E-state index contributed by atoms with van der Waals surface area (Å²) in [6.45, 7) is 2.56. The van der Waals surface area contributed by atoms with Crippen molar-refractivity contribution in [3.8, 4) is 11.5 Å². The van der Waals surface area contributed by atoms with Crippen LogP contribution in [0, 0.1) is 5.82 Å². The van der Waals surface area contributed by atoms with E-state index in [2.05, 4.69) is 28.5 Å². The molecule has 5 heteroatoms. The summed E-state index contributed by atoms with van der Waals surface area (Å²) in [4.78, 5) is 0. The smallest absolute Gasteiger partial charge is 0.247 e. The highest BCUT2D eigenvalue weighted by atomic mass is 19.1. The minimum atomic E-state index is -0.290. The summed E-state index contributed by atoms with van der Waals surface area (Å²) in [5.41, 5.74) is 3.00. The van der Waals surface area contributed by atoms with Gasteiger partial charge >= 0.3 is 0 Å². The maximum Gasteiger partial charge on any atom is 0.247 e. The number of nitrogens with zero attached hydrogens (tertiary/aromatic N) is 2. The van der Waals surface area contributed by atoms with Crippen LogP contribution in [-0.2, 0) is 13.0 Å². The fraction of sp³-hybridized carbons (Fsp3) is 0.176. The number of halogens is 1. The predicted molar refractivity (Wildman–Crippen MR) is 82.8 cm³/mol. The number of aromatic nitrogens is 2. The van der Waals surface area contributed by atoms with Crippen molar-refractivity contribution < 1.29 is 8.81 Å². The predicted octanol–water partition coefficient (Wildman–Crippen LogP) is 4.05. The molecule has 4 nitrogen and oxygen atoms in total. The molecule has 3 rings (SSSR count). The van der Waals surface area contributed by atoms with E-state index in [9.17, 15) is 4.39 Å². The van der Waals surface area contributed by atoms with Crippen molar-refractivity contribution in [2.75, 3.05) is 5.32 Å². The molecule has 0 saturated carbocycles. The van der Waals surface area contributed by atoms with Crippen LogP contribution < -0.4 is 5.32 Å². The van der Waals surface area contributed by atoms with Gasteiger partial charge in [0.15, 0.2) is 0 Å². The van der Waals surface area contributed by atoms with Gasteiger partial charge in [-0.15, -0.1) is 10.2 Å². The Morgan fingerprint density at radius 1 is 1.05 bits per heavy atom. The van der Waals surface area contributed by atoms with Crippen LogP contribution in [0.5, 0.6) is 0 Å². The van der Waals surface area contributed by atoms with Crippen LogP contribution in [0.4, 0.5) is 10.1 Å². The first-order valence-corrected chi connectivity index (χ1v) is 7.16. The number of nitrogens with one attached hydrogen (secondary N) is 1. The summed E-state index contributed by atoms with van der Waals surface area (Å²) in [6, 6.07) is 14.1. The normalized spacial score (nSPS) is 10.6. The Morgan fingerprint density at radius 2 is 1.82 bits per heavy atom. The molecule has 0 unspecified atom stereocenters. The Hall–Kier alpha value is -2.69. The van der Waals surface area contributed by atoms with Gasteiger partial charge in [-0.2, -0.15) is 0 Å². The van der Waals surface area contributed by atoms with E-state index in [1.54, 1.807) is 12.1 Å². The van der Waals surface area contributed by atoms with E-state index >= 15 is 0 Å². The molecule has 0 aliphatic rings. The minimum Gasteiger partial charge on any atom is -0.419 e. The fourth-order valence-electron chi connectivity index (χ4n) is 2.21. The summed E-state index contributed by atoms with van der Waals surface area (Å²) in [7, 11) is 0. The van der Waals surface area contributed by atoms with Crippen molar-refractivity contribution in [2.45, 2.75) is 19.9 Å². The molecule has 0 aliphatic heterocycles. The van der Waals surface area contributed by atoms with E-state index in [-0.39, 0.29) is 5.82 Å². The molecule has 112 valence electrons. The zero-order valence-electron chi connectivity index (χ0n) is 12.2. The van der Waals surface area contributed by atoms with Crippen LogP contribution in [0.3, 0.4) is 0 Å². The molecule has 0 aliphatic carbocycles. The van der Waals surface area contributed by atoms with Gasteiger partial charge in [0, 0.05) is 11.3 Å². The van der Waals surface area contributed by atoms with E-state index in [1.165, 1.54) is 17.7 Å². The van der Waals surface area contributed by atoms with E-state index in [0.29, 0.717) is 23.9 Å². The lowest BCUT2D eigenvalue weighted by atomic mass is 10.1. The van der Waals surface area contributed by atoms with E-state index < -0.39 is 0 Å². The zero-order chi connectivity index (χ0) is 15.4. The molecule has 0 spiro atoms. The molecular formula is C17H16FN3O. The van der Waals surface area contributed by atoms with Gasteiger partial charge in [0.1, 0.15) is 5.82 Å². The van der Waals surface area contributed by atoms with Gasteiger partial charge in [-0.25, -0.2) is 4.39 Å². The first kappa shape index (κ1) is 14.3. The van der Waals surface area contributed by atoms with Gasteiger partial charge < -0.3 is 9.73 Å². The van der Waals surface area contributed by atoms with Crippen molar-refractivity contribution in [2.24, 2.45) is 0 Å². The van der Waals surface area contributed by atoms with Crippen LogP contribution in [0.1, 0.15) is 18.4 Å². The lowest BCUT2D eigenvalue weighted by Gasteiger charge is -2.08. The molecule has 0 fully saturated rings. The molecule has 0 atom stereocenters. The monoisotopic (exact) mass is 297 g/mol. The van der Waals surface area contributed by atoms with Gasteiger partial charge in [0.2, 0.25) is 11.8 Å². The number of hydrogen-bond acceptors (Lipinski definition) is 4. The summed E-state index contributed by atoms with van der Waals surface area (Å²) in [6.07, 6.45) is 0.952. The largest absolute Gasteiger partial charge is 0.419 e. The highest BCUT2D eigenvalue weighted by Gasteiger charge is 2.09. The van der Waals surface area contributed by atoms with Gasteiger partial charge in [-0.3, -0.25) is 0 Å². The lowest BCUT2D eigenvalue weighted by molar-refractivity contribution is 0.515. The molecule has 2 aromatic carbocycles. The van der Waals surface area contributed by atoms with Crippen molar-refractivity contribution in [3.05, 3.63) is 65.8 Å². The standard InChI is InChI=1S/C17H16FN3O/c1-2-12-5-3-4-6-15(12)19-11-16-20-21-17(22-16)13-7-9-14(18)10-8-13/h3-10,19H,2,11H2,1H3. The maximum atomic E-state index is 12.9. The summed E-state index contributed by atoms with van der Waals surface area (Å²) in [5.74, 6) is 0.590. The molecule has 1 N–H and O–H groups in total. The van der Waals surface area contributed by atoms with Crippen molar-refractivity contribution in [1.82, 2.24) is 10.2 Å². The Morgan fingerprint density at radius 3 is 2.59 bits per heavy atom. The average molecular weight is 297 g/mol. The van der Waals surface area contributed by atoms with Gasteiger partial charge in [-0.05, 0) is 42.3 Å². The molecule has 1 heterocycles. The molecule has 3 aromatic rings. The minimum absolute atomic E-state index is 0.290. The number of hydrogen-bond donors (Lipinski definition) is 1. The van der Waals surface area contributed by atoms with Crippen LogP contribution in [0.2, 0.25) is 0 Å². The molecule has 0 radical (unpaired) electrons. The maximum absolute atomic E-state index is 12.9. The van der Waals surface area contributed by atoms with Crippen LogP contribution >= 0.6 is 0 Å². The zero-order valence-corrected chi connectivity index (χ0v) is 12.2. The highest BCUT2D eigenvalue weighted by molar-refractivity contribution is 5.53. The second kappa shape index (κ2) is 6.39. The van der Waals surface area contributed by atoms with Gasteiger partial charge in [0.25, 0.3) is 0 Å². The number of para-hydroxylation sites is 1. The van der Waals surface area contributed by atoms with Gasteiger partial charge in [0.05, 0.1) is 6.54 Å². The Labute approximate surface area is 128 Å². The Bertz CT molecular complexity index is 753. The van der Waals surface area contributed by atoms with Gasteiger partial charge in [-0.1, -0.05) is 25.1 Å².